The van der Waals surface area contributed by atoms with Gasteiger partial charge in [-0.05, 0) is 39.8 Å². The lowest BCUT2D eigenvalue weighted by Gasteiger charge is -2.13. The summed E-state index contributed by atoms with van der Waals surface area (Å²) in [6.07, 6.45) is 0. The van der Waals surface area contributed by atoms with Crippen LogP contribution in [0.3, 0.4) is 0 Å². The predicted octanol–water partition coefficient (Wildman–Crippen LogP) is 3.40. The summed E-state index contributed by atoms with van der Waals surface area (Å²) in [4.78, 5) is 34.8. The van der Waals surface area contributed by atoms with Crippen LogP contribution in [0.4, 0.5) is 11.4 Å². The van der Waals surface area contributed by atoms with Crippen molar-refractivity contribution in [1.82, 2.24) is 4.57 Å². The number of benzene rings is 1. The number of aryl methyl sites for hydroxylation is 1. The van der Waals surface area contributed by atoms with Gasteiger partial charge in [0.15, 0.2) is 6.61 Å². The van der Waals surface area contributed by atoms with Gasteiger partial charge in [0.2, 0.25) is 0 Å². The van der Waals surface area contributed by atoms with E-state index in [2.05, 4.69) is 5.32 Å². The Morgan fingerprint density at radius 3 is 2.46 bits per heavy atom. The first kappa shape index (κ1) is 20.9. The zero-order valence-electron chi connectivity index (χ0n) is 16.4. The molecule has 0 aliphatic heterocycles. The van der Waals surface area contributed by atoms with Crippen molar-refractivity contribution < 1.29 is 24.0 Å². The Kier molecular flexibility index (Phi) is 6.40. The zero-order chi connectivity index (χ0) is 21.0. The number of rotatable bonds is 7. The van der Waals surface area contributed by atoms with Crippen LogP contribution in [0.2, 0.25) is 0 Å². The standard InChI is InChI=1S/C19H23N3O6/c1-11(2)21-12(3)8-15(13(21)4)19(24)28-10-18(23)20-16-9-14(22(25)26)6-7-17(16)27-5/h6-9,11H,10H2,1-5H3,(H,20,23). The predicted molar refractivity (Wildman–Crippen MR) is 103 cm³/mol. The zero-order valence-corrected chi connectivity index (χ0v) is 16.4. The number of carbonyl (C=O) groups is 2. The molecular formula is C19H23N3O6. The molecule has 1 amide bonds. The van der Waals surface area contributed by atoms with Crippen molar-refractivity contribution in [2.45, 2.75) is 33.7 Å². The summed E-state index contributed by atoms with van der Waals surface area (Å²) in [6.45, 7) is 7.20. The molecular weight excluding hydrogens is 366 g/mol. The molecule has 1 heterocycles. The lowest BCUT2D eigenvalue weighted by molar-refractivity contribution is -0.384. The monoisotopic (exact) mass is 389 g/mol. The topological polar surface area (TPSA) is 113 Å². The van der Waals surface area contributed by atoms with Crippen LogP contribution in [-0.2, 0) is 9.53 Å². The second-order valence-electron chi connectivity index (χ2n) is 6.51. The van der Waals surface area contributed by atoms with Gasteiger partial charge < -0.3 is 19.4 Å². The highest BCUT2D eigenvalue weighted by Gasteiger charge is 2.20. The molecule has 2 rings (SSSR count). The molecule has 1 N–H and O–H groups in total. The van der Waals surface area contributed by atoms with E-state index >= 15 is 0 Å². The number of non-ortho nitro benzene ring substituents is 1. The van der Waals surface area contributed by atoms with Crippen LogP contribution in [0, 0.1) is 24.0 Å². The molecule has 1 aromatic carbocycles. The lowest BCUT2D eigenvalue weighted by atomic mass is 10.2. The third kappa shape index (κ3) is 4.48. The van der Waals surface area contributed by atoms with Crippen molar-refractivity contribution in [3.63, 3.8) is 0 Å². The normalized spacial score (nSPS) is 10.6. The lowest BCUT2D eigenvalue weighted by Crippen LogP contribution is -2.21. The maximum atomic E-state index is 12.3. The summed E-state index contributed by atoms with van der Waals surface area (Å²) < 4.78 is 12.2. The molecule has 0 atom stereocenters. The average molecular weight is 389 g/mol. The van der Waals surface area contributed by atoms with E-state index in [1.165, 1.54) is 25.3 Å². The number of aromatic nitrogens is 1. The molecule has 0 bridgehead atoms. The van der Waals surface area contributed by atoms with E-state index in [-0.39, 0.29) is 23.2 Å². The molecule has 0 fully saturated rings. The maximum Gasteiger partial charge on any atom is 0.340 e. The number of nitro benzene ring substituents is 1. The number of carbonyl (C=O) groups excluding carboxylic acids is 2. The molecule has 9 nitrogen and oxygen atoms in total. The number of methoxy groups -OCH3 is 1. The molecule has 28 heavy (non-hydrogen) atoms. The summed E-state index contributed by atoms with van der Waals surface area (Å²) in [5.74, 6) is -0.989. The van der Waals surface area contributed by atoms with Gasteiger partial charge in [0.25, 0.3) is 11.6 Å². The van der Waals surface area contributed by atoms with Crippen LogP contribution in [0.25, 0.3) is 0 Å². The van der Waals surface area contributed by atoms with E-state index in [0.29, 0.717) is 5.56 Å². The number of nitrogens with one attached hydrogen (secondary N) is 1. The van der Waals surface area contributed by atoms with E-state index in [1.54, 1.807) is 6.07 Å². The van der Waals surface area contributed by atoms with Gasteiger partial charge >= 0.3 is 5.97 Å². The molecule has 0 saturated heterocycles. The van der Waals surface area contributed by atoms with Gasteiger partial charge in [-0.3, -0.25) is 14.9 Å². The first-order valence-electron chi connectivity index (χ1n) is 8.63. The Morgan fingerprint density at radius 1 is 1.25 bits per heavy atom. The third-order valence-electron chi connectivity index (χ3n) is 4.22. The fourth-order valence-corrected chi connectivity index (χ4v) is 3.08. The maximum absolute atomic E-state index is 12.3. The van der Waals surface area contributed by atoms with E-state index in [1.807, 2.05) is 32.3 Å². The number of nitrogens with zero attached hydrogens (tertiary/aromatic N) is 2. The highest BCUT2D eigenvalue weighted by Crippen LogP contribution is 2.28. The van der Waals surface area contributed by atoms with Crippen LogP contribution in [0.5, 0.6) is 5.75 Å². The van der Waals surface area contributed by atoms with Gasteiger partial charge in [-0.2, -0.15) is 0 Å². The van der Waals surface area contributed by atoms with Crippen LogP contribution in [0.15, 0.2) is 24.3 Å². The molecule has 2 aromatic rings. The molecule has 150 valence electrons. The van der Waals surface area contributed by atoms with Gasteiger partial charge in [0.05, 0.1) is 23.3 Å². The van der Waals surface area contributed by atoms with Crippen molar-refractivity contribution in [3.05, 3.63) is 51.3 Å². The number of anilines is 1. The third-order valence-corrected chi connectivity index (χ3v) is 4.22. The molecule has 0 radical (unpaired) electrons. The SMILES string of the molecule is COc1ccc([N+](=O)[O-])cc1NC(=O)COC(=O)c1cc(C)n(C(C)C)c1C. The van der Waals surface area contributed by atoms with E-state index in [9.17, 15) is 19.7 Å². The molecule has 0 spiro atoms. The molecule has 0 saturated carbocycles. The molecule has 0 unspecified atom stereocenters. The number of hydrogen-bond donors (Lipinski definition) is 1. The smallest absolute Gasteiger partial charge is 0.340 e. The second-order valence-corrected chi connectivity index (χ2v) is 6.51. The Hall–Kier alpha value is -3.36. The fourth-order valence-electron chi connectivity index (χ4n) is 3.08. The van der Waals surface area contributed by atoms with E-state index < -0.39 is 23.4 Å². The summed E-state index contributed by atoms with van der Waals surface area (Å²) in [7, 11) is 1.38. The molecule has 0 aliphatic carbocycles. The van der Waals surface area contributed by atoms with Crippen molar-refractivity contribution in [2.75, 3.05) is 19.0 Å². The second kappa shape index (κ2) is 8.55. The highest BCUT2D eigenvalue weighted by molar-refractivity contribution is 5.97. The number of nitro groups is 1. The van der Waals surface area contributed by atoms with Crippen LogP contribution >= 0.6 is 0 Å². The minimum atomic E-state index is -0.634. The van der Waals surface area contributed by atoms with Crippen LogP contribution in [-0.4, -0.2) is 35.1 Å². The Balaban J connectivity index is 2.07. The van der Waals surface area contributed by atoms with E-state index in [0.717, 1.165) is 11.4 Å². The van der Waals surface area contributed by atoms with Crippen molar-refractivity contribution in [1.29, 1.82) is 0 Å². The number of ether oxygens (including phenoxy) is 2. The van der Waals surface area contributed by atoms with Gasteiger partial charge in [0.1, 0.15) is 5.75 Å². The highest BCUT2D eigenvalue weighted by atomic mass is 16.6. The molecule has 0 aliphatic rings. The number of amides is 1. The average Bonchev–Trinajstić information content (AvgIpc) is 2.94. The van der Waals surface area contributed by atoms with Crippen molar-refractivity contribution in [3.8, 4) is 5.75 Å². The first-order chi connectivity index (χ1) is 13.1. The minimum Gasteiger partial charge on any atom is -0.495 e. The first-order valence-corrected chi connectivity index (χ1v) is 8.63. The minimum absolute atomic E-state index is 0.121. The Labute approximate surface area is 162 Å². The van der Waals surface area contributed by atoms with E-state index in [4.69, 9.17) is 9.47 Å². The molecule has 1 aromatic heterocycles. The summed E-state index contributed by atoms with van der Waals surface area (Å²) in [5.41, 5.74) is 2.00. The fraction of sp³-hybridized carbons (Fsp3) is 0.368. The van der Waals surface area contributed by atoms with Crippen molar-refractivity contribution in [2.24, 2.45) is 0 Å². The van der Waals surface area contributed by atoms with Crippen LogP contribution < -0.4 is 10.1 Å². The Morgan fingerprint density at radius 2 is 1.93 bits per heavy atom. The van der Waals surface area contributed by atoms with Gasteiger partial charge in [0, 0.05) is 29.6 Å². The summed E-state index contributed by atoms with van der Waals surface area (Å²) in [6, 6.07) is 5.72. The van der Waals surface area contributed by atoms with Crippen molar-refractivity contribution >= 4 is 23.3 Å². The number of esters is 1. The Bertz CT molecular complexity index is 917. The number of hydrogen-bond acceptors (Lipinski definition) is 6. The molecule has 9 heteroatoms. The largest absolute Gasteiger partial charge is 0.495 e. The summed E-state index contributed by atoms with van der Waals surface area (Å²) >= 11 is 0. The van der Waals surface area contributed by atoms with Gasteiger partial charge in [-0.25, -0.2) is 4.79 Å². The van der Waals surface area contributed by atoms with Crippen LogP contribution in [0.1, 0.15) is 41.6 Å². The quantitative estimate of drug-likeness (QED) is 0.441. The summed E-state index contributed by atoms with van der Waals surface area (Å²) in [5, 5.41) is 13.4. The van der Waals surface area contributed by atoms with Gasteiger partial charge in [-0.15, -0.1) is 0 Å². The van der Waals surface area contributed by atoms with Gasteiger partial charge in [-0.1, -0.05) is 0 Å².